The highest BCUT2D eigenvalue weighted by atomic mass is 16.6. The van der Waals surface area contributed by atoms with Crippen LogP contribution in [0.15, 0.2) is 18.2 Å². The summed E-state index contributed by atoms with van der Waals surface area (Å²) in [6.07, 6.45) is 3.07. The van der Waals surface area contributed by atoms with Crippen molar-refractivity contribution < 1.29 is 10.0 Å². The second kappa shape index (κ2) is 5.22. The highest BCUT2D eigenvalue weighted by Gasteiger charge is 2.26. The number of aliphatic hydroxyl groups is 1. The Bertz CT molecular complexity index is 450. The molecule has 2 rings (SSSR count). The van der Waals surface area contributed by atoms with Gasteiger partial charge < -0.3 is 16.2 Å². The quantitative estimate of drug-likeness (QED) is 0.430. The van der Waals surface area contributed by atoms with Crippen LogP contribution in [0.3, 0.4) is 0 Å². The first-order valence-corrected chi connectivity index (χ1v) is 6.03. The Hall–Kier alpha value is -1.82. The number of aliphatic hydroxyl groups excluding tert-OH is 1. The summed E-state index contributed by atoms with van der Waals surface area (Å²) in [5.74, 6) is 0.236. The number of hydrogen-bond donors (Lipinski definition) is 3. The number of nitrogens with two attached hydrogens (primary N) is 1. The normalized spacial score (nSPS) is 22.9. The van der Waals surface area contributed by atoms with Crippen LogP contribution < -0.4 is 11.1 Å². The fourth-order valence-electron chi connectivity index (χ4n) is 2.44. The molecular weight excluding hydrogens is 234 g/mol. The molecule has 0 aliphatic heterocycles. The van der Waals surface area contributed by atoms with E-state index in [2.05, 4.69) is 5.32 Å². The molecule has 0 amide bonds. The third-order valence-electron chi connectivity index (χ3n) is 3.48. The summed E-state index contributed by atoms with van der Waals surface area (Å²) in [5, 5.41) is 23.1. The molecule has 1 aliphatic rings. The summed E-state index contributed by atoms with van der Waals surface area (Å²) >= 11 is 0. The van der Waals surface area contributed by atoms with Crippen LogP contribution in [-0.4, -0.2) is 22.7 Å². The fourth-order valence-corrected chi connectivity index (χ4v) is 2.44. The molecule has 2 atom stereocenters. The Labute approximate surface area is 105 Å². The monoisotopic (exact) mass is 251 g/mol. The Kier molecular flexibility index (Phi) is 3.66. The lowest BCUT2D eigenvalue weighted by atomic mass is 10.0. The predicted octanol–water partition coefficient (Wildman–Crippen LogP) is 1.75. The number of hydrogen-bond acceptors (Lipinski definition) is 5. The van der Waals surface area contributed by atoms with E-state index < -0.39 is 4.92 Å². The van der Waals surface area contributed by atoms with Gasteiger partial charge in [0.15, 0.2) is 0 Å². The van der Waals surface area contributed by atoms with Gasteiger partial charge in [-0.3, -0.25) is 10.1 Å². The number of non-ortho nitro benzene ring substituents is 1. The number of rotatable bonds is 4. The molecule has 0 aromatic heterocycles. The zero-order chi connectivity index (χ0) is 13.1. The molecule has 98 valence electrons. The van der Waals surface area contributed by atoms with Crippen LogP contribution in [0.25, 0.3) is 0 Å². The van der Waals surface area contributed by atoms with E-state index >= 15 is 0 Å². The van der Waals surface area contributed by atoms with Crippen molar-refractivity contribution in [2.75, 3.05) is 17.7 Å². The zero-order valence-corrected chi connectivity index (χ0v) is 10.0. The van der Waals surface area contributed by atoms with E-state index in [-0.39, 0.29) is 24.3 Å². The Morgan fingerprint density at radius 1 is 1.50 bits per heavy atom. The third-order valence-corrected chi connectivity index (χ3v) is 3.48. The molecule has 6 heteroatoms. The van der Waals surface area contributed by atoms with Crippen molar-refractivity contribution in [2.24, 2.45) is 5.92 Å². The van der Waals surface area contributed by atoms with E-state index in [4.69, 9.17) is 5.73 Å². The summed E-state index contributed by atoms with van der Waals surface area (Å²) in [7, 11) is 0. The Morgan fingerprint density at radius 3 is 2.89 bits per heavy atom. The van der Waals surface area contributed by atoms with Crippen molar-refractivity contribution in [3.63, 3.8) is 0 Å². The van der Waals surface area contributed by atoms with Crippen LogP contribution in [0.5, 0.6) is 0 Å². The van der Waals surface area contributed by atoms with Gasteiger partial charge in [0.25, 0.3) is 5.69 Å². The lowest BCUT2D eigenvalue weighted by Gasteiger charge is -2.21. The molecule has 1 saturated carbocycles. The zero-order valence-electron chi connectivity index (χ0n) is 10.0. The van der Waals surface area contributed by atoms with Gasteiger partial charge in [0.05, 0.1) is 16.3 Å². The number of nitrogen functional groups attached to an aromatic ring is 1. The fraction of sp³-hybridized carbons (Fsp3) is 0.500. The van der Waals surface area contributed by atoms with Crippen LogP contribution in [0, 0.1) is 16.0 Å². The standard InChI is InChI=1S/C12H17N3O3/c13-10-6-9(15(17)18)4-5-12(10)14-11-3-1-2-8(11)7-16/h4-6,8,11,14,16H,1-3,7,13H2. The van der Waals surface area contributed by atoms with E-state index in [1.807, 2.05) is 0 Å². The maximum absolute atomic E-state index is 10.6. The molecule has 6 nitrogen and oxygen atoms in total. The average molecular weight is 251 g/mol. The van der Waals surface area contributed by atoms with Gasteiger partial charge in [-0.2, -0.15) is 0 Å². The molecule has 1 aromatic carbocycles. The summed E-state index contributed by atoms with van der Waals surface area (Å²) in [4.78, 5) is 10.1. The van der Waals surface area contributed by atoms with E-state index in [1.165, 1.54) is 12.1 Å². The topological polar surface area (TPSA) is 101 Å². The molecule has 4 N–H and O–H groups in total. The second-order valence-corrected chi connectivity index (χ2v) is 4.65. The van der Waals surface area contributed by atoms with Crippen LogP contribution in [0.1, 0.15) is 19.3 Å². The SMILES string of the molecule is Nc1cc([N+](=O)[O-])ccc1NC1CCCC1CO. The van der Waals surface area contributed by atoms with Crippen LogP contribution >= 0.6 is 0 Å². The van der Waals surface area contributed by atoms with Gasteiger partial charge in [-0.25, -0.2) is 0 Å². The minimum absolute atomic E-state index is 0.0109. The van der Waals surface area contributed by atoms with Gasteiger partial charge in [0.1, 0.15) is 0 Å². The third kappa shape index (κ3) is 2.53. The summed E-state index contributed by atoms with van der Waals surface area (Å²) in [6.45, 7) is 0.157. The smallest absolute Gasteiger partial charge is 0.271 e. The molecule has 1 fully saturated rings. The first-order chi connectivity index (χ1) is 8.61. The molecule has 1 aromatic rings. The molecule has 0 bridgehead atoms. The molecule has 2 unspecified atom stereocenters. The second-order valence-electron chi connectivity index (χ2n) is 4.65. The Morgan fingerprint density at radius 2 is 2.28 bits per heavy atom. The maximum Gasteiger partial charge on any atom is 0.271 e. The van der Waals surface area contributed by atoms with E-state index in [9.17, 15) is 15.2 Å². The van der Waals surface area contributed by atoms with Crippen molar-refractivity contribution in [2.45, 2.75) is 25.3 Å². The highest BCUT2D eigenvalue weighted by Crippen LogP contribution is 2.31. The molecule has 0 saturated heterocycles. The first kappa shape index (κ1) is 12.6. The number of nitro groups is 1. The van der Waals surface area contributed by atoms with E-state index in [0.717, 1.165) is 19.3 Å². The predicted molar refractivity (Wildman–Crippen MR) is 69.3 cm³/mol. The van der Waals surface area contributed by atoms with E-state index in [0.29, 0.717) is 11.4 Å². The van der Waals surface area contributed by atoms with Gasteiger partial charge in [0.2, 0.25) is 0 Å². The number of anilines is 2. The average Bonchev–Trinajstić information content (AvgIpc) is 2.78. The molecule has 0 heterocycles. The number of nitrogens with one attached hydrogen (secondary N) is 1. The van der Waals surface area contributed by atoms with Gasteiger partial charge in [-0.15, -0.1) is 0 Å². The molecule has 0 spiro atoms. The van der Waals surface area contributed by atoms with Crippen molar-refractivity contribution in [1.29, 1.82) is 0 Å². The number of nitrogens with zero attached hydrogens (tertiary/aromatic N) is 1. The summed E-state index contributed by atoms with van der Waals surface area (Å²) < 4.78 is 0. The van der Waals surface area contributed by atoms with Crippen molar-refractivity contribution in [3.05, 3.63) is 28.3 Å². The lowest BCUT2D eigenvalue weighted by molar-refractivity contribution is -0.384. The van der Waals surface area contributed by atoms with Gasteiger partial charge in [0, 0.05) is 30.7 Å². The lowest BCUT2D eigenvalue weighted by Crippen LogP contribution is -2.26. The molecule has 18 heavy (non-hydrogen) atoms. The summed E-state index contributed by atoms with van der Waals surface area (Å²) in [6, 6.07) is 4.60. The number of benzene rings is 1. The first-order valence-electron chi connectivity index (χ1n) is 6.03. The van der Waals surface area contributed by atoms with Gasteiger partial charge >= 0.3 is 0 Å². The minimum Gasteiger partial charge on any atom is -0.397 e. The highest BCUT2D eigenvalue weighted by molar-refractivity contribution is 5.69. The molecule has 1 aliphatic carbocycles. The van der Waals surface area contributed by atoms with Crippen LogP contribution in [-0.2, 0) is 0 Å². The van der Waals surface area contributed by atoms with Crippen LogP contribution in [0.4, 0.5) is 17.1 Å². The van der Waals surface area contributed by atoms with Crippen molar-refractivity contribution in [3.8, 4) is 0 Å². The minimum atomic E-state index is -0.466. The van der Waals surface area contributed by atoms with Crippen molar-refractivity contribution in [1.82, 2.24) is 0 Å². The molecule has 0 radical (unpaired) electrons. The van der Waals surface area contributed by atoms with E-state index in [1.54, 1.807) is 6.07 Å². The van der Waals surface area contributed by atoms with Crippen LogP contribution in [0.2, 0.25) is 0 Å². The van der Waals surface area contributed by atoms with Gasteiger partial charge in [-0.1, -0.05) is 6.42 Å². The molecular formula is C12H17N3O3. The largest absolute Gasteiger partial charge is 0.397 e. The number of nitro benzene ring substituents is 1. The summed E-state index contributed by atoms with van der Waals surface area (Å²) in [5.41, 5.74) is 6.85. The van der Waals surface area contributed by atoms with Gasteiger partial charge in [-0.05, 0) is 18.9 Å². The van der Waals surface area contributed by atoms with Crippen molar-refractivity contribution >= 4 is 17.1 Å². The Balaban J connectivity index is 2.12. The maximum atomic E-state index is 10.6.